The Morgan fingerprint density at radius 2 is 2.35 bits per heavy atom. The van der Waals surface area contributed by atoms with Gasteiger partial charge in [-0.05, 0) is 24.6 Å². The van der Waals surface area contributed by atoms with E-state index < -0.39 is 0 Å². The van der Waals surface area contributed by atoms with E-state index in [0.29, 0.717) is 21.2 Å². The van der Waals surface area contributed by atoms with E-state index in [1.165, 1.54) is 0 Å². The summed E-state index contributed by atoms with van der Waals surface area (Å²) in [5.41, 5.74) is 0.529. The van der Waals surface area contributed by atoms with Crippen LogP contribution in [0.3, 0.4) is 0 Å². The maximum absolute atomic E-state index is 12.3. The predicted octanol–water partition coefficient (Wildman–Crippen LogP) is 2.96. The molecule has 2 rings (SSSR count). The van der Waals surface area contributed by atoms with Crippen LogP contribution in [0.4, 0.5) is 0 Å². The van der Waals surface area contributed by atoms with E-state index in [-0.39, 0.29) is 5.91 Å². The molecule has 1 aromatic rings. The van der Waals surface area contributed by atoms with Crippen LogP contribution in [0.15, 0.2) is 18.2 Å². The Hall–Kier alpha value is -0.740. The molecule has 92 valence electrons. The van der Waals surface area contributed by atoms with Gasteiger partial charge in [0, 0.05) is 22.9 Å². The van der Waals surface area contributed by atoms with Crippen LogP contribution in [0, 0.1) is 0 Å². The average Bonchev–Trinajstić information content (AvgIpc) is 2.75. The van der Waals surface area contributed by atoms with Crippen molar-refractivity contribution in [1.29, 1.82) is 0 Å². The molecule has 17 heavy (non-hydrogen) atoms. The number of methoxy groups -OCH3 is 1. The van der Waals surface area contributed by atoms with Crippen LogP contribution in [-0.4, -0.2) is 35.8 Å². The monoisotopic (exact) mass is 317 g/mol. The lowest BCUT2D eigenvalue weighted by atomic mass is 10.2. The standard InChI is InChI=1S/C12H13BrClNO2/c1-17-11-3-2-9(14)6-10(11)12(16)15-5-4-8(13)7-15/h2-3,6,8H,4-5,7H2,1H3. The van der Waals surface area contributed by atoms with E-state index in [1.54, 1.807) is 25.3 Å². The molecular formula is C12H13BrClNO2. The molecule has 3 nitrogen and oxygen atoms in total. The smallest absolute Gasteiger partial charge is 0.257 e. The van der Waals surface area contributed by atoms with Crippen LogP contribution in [0.25, 0.3) is 0 Å². The third-order valence-corrected chi connectivity index (χ3v) is 3.79. The Labute approximate surface area is 114 Å². The molecule has 0 N–H and O–H groups in total. The zero-order valence-corrected chi connectivity index (χ0v) is 11.8. The largest absolute Gasteiger partial charge is 0.496 e. The van der Waals surface area contributed by atoms with Gasteiger partial charge in [-0.1, -0.05) is 27.5 Å². The fourth-order valence-corrected chi connectivity index (χ4v) is 2.65. The highest BCUT2D eigenvalue weighted by Gasteiger charge is 2.27. The average molecular weight is 319 g/mol. The first-order valence-electron chi connectivity index (χ1n) is 5.38. The van der Waals surface area contributed by atoms with Gasteiger partial charge in [0.05, 0.1) is 12.7 Å². The number of hydrogen-bond donors (Lipinski definition) is 0. The van der Waals surface area contributed by atoms with Crippen LogP contribution >= 0.6 is 27.5 Å². The van der Waals surface area contributed by atoms with Crippen molar-refractivity contribution in [3.05, 3.63) is 28.8 Å². The first-order chi connectivity index (χ1) is 8.11. The minimum atomic E-state index is -0.0219. The Bertz CT molecular complexity index is 439. The number of ether oxygens (including phenoxy) is 1. The number of alkyl halides is 1. The lowest BCUT2D eigenvalue weighted by Gasteiger charge is -2.17. The van der Waals surface area contributed by atoms with Gasteiger partial charge in [0.25, 0.3) is 5.91 Å². The van der Waals surface area contributed by atoms with Gasteiger partial charge in [-0.2, -0.15) is 0 Å². The van der Waals surface area contributed by atoms with Crippen molar-refractivity contribution in [2.45, 2.75) is 11.2 Å². The molecule has 1 fully saturated rings. The Balaban J connectivity index is 2.26. The second kappa shape index (κ2) is 5.27. The molecule has 1 heterocycles. The van der Waals surface area contributed by atoms with Crippen molar-refractivity contribution in [3.8, 4) is 5.75 Å². The van der Waals surface area contributed by atoms with E-state index in [2.05, 4.69) is 15.9 Å². The molecule has 1 aliphatic heterocycles. The molecule has 1 unspecified atom stereocenters. The van der Waals surface area contributed by atoms with Crippen molar-refractivity contribution in [3.63, 3.8) is 0 Å². The number of hydrogen-bond acceptors (Lipinski definition) is 2. The molecule has 0 aromatic heterocycles. The van der Waals surface area contributed by atoms with Gasteiger partial charge >= 0.3 is 0 Å². The molecule has 0 saturated carbocycles. The molecule has 1 saturated heterocycles. The summed E-state index contributed by atoms with van der Waals surface area (Å²) in [6, 6.07) is 5.09. The summed E-state index contributed by atoms with van der Waals surface area (Å²) in [5, 5.41) is 0.545. The van der Waals surface area contributed by atoms with Crippen molar-refractivity contribution >= 4 is 33.4 Å². The number of carbonyl (C=O) groups is 1. The molecule has 0 spiro atoms. The lowest BCUT2D eigenvalue weighted by Crippen LogP contribution is -2.29. The molecule has 1 aromatic carbocycles. The lowest BCUT2D eigenvalue weighted by molar-refractivity contribution is 0.0790. The van der Waals surface area contributed by atoms with Crippen LogP contribution in [0.5, 0.6) is 5.75 Å². The number of benzene rings is 1. The zero-order valence-electron chi connectivity index (χ0n) is 9.45. The molecular weight excluding hydrogens is 305 g/mol. The van der Waals surface area contributed by atoms with Gasteiger partial charge in [-0.25, -0.2) is 0 Å². The van der Waals surface area contributed by atoms with Gasteiger partial charge in [-0.3, -0.25) is 4.79 Å². The normalized spacial score (nSPS) is 19.5. The Kier molecular flexibility index (Phi) is 3.94. The van der Waals surface area contributed by atoms with Gasteiger partial charge in [0.15, 0.2) is 0 Å². The van der Waals surface area contributed by atoms with Gasteiger partial charge in [0.1, 0.15) is 5.75 Å². The van der Waals surface area contributed by atoms with Crippen molar-refractivity contribution in [1.82, 2.24) is 4.90 Å². The minimum Gasteiger partial charge on any atom is -0.496 e. The molecule has 0 radical (unpaired) electrons. The second-order valence-electron chi connectivity index (χ2n) is 3.98. The first-order valence-corrected chi connectivity index (χ1v) is 6.68. The van der Waals surface area contributed by atoms with Crippen LogP contribution in [-0.2, 0) is 0 Å². The Morgan fingerprint density at radius 3 is 2.94 bits per heavy atom. The molecule has 0 aliphatic carbocycles. The third kappa shape index (κ3) is 2.75. The predicted molar refractivity (Wildman–Crippen MR) is 71.2 cm³/mol. The maximum atomic E-state index is 12.3. The SMILES string of the molecule is COc1ccc(Cl)cc1C(=O)N1CCC(Br)C1. The van der Waals surface area contributed by atoms with Gasteiger partial charge in [-0.15, -0.1) is 0 Å². The minimum absolute atomic E-state index is 0.0219. The summed E-state index contributed by atoms with van der Waals surface area (Å²) in [6.07, 6.45) is 0.981. The van der Waals surface area contributed by atoms with Gasteiger partial charge < -0.3 is 9.64 Å². The van der Waals surface area contributed by atoms with Crippen molar-refractivity contribution in [2.24, 2.45) is 0 Å². The number of carbonyl (C=O) groups excluding carboxylic acids is 1. The fraction of sp³-hybridized carbons (Fsp3) is 0.417. The number of nitrogens with zero attached hydrogens (tertiary/aromatic N) is 1. The molecule has 1 amide bonds. The van der Waals surface area contributed by atoms with Crippen LogP contribution in [0.2, 0.25) is 5.02 Å². The van der Waals surface area contributed by atoms with E-state index >= 15 is 0 Å². The van der Waals surface area contributed by atoms with Gasteiger partial charge in [0.2, 0.25) is 0 Å². The number of amides is 1. The molecule has 1 aliphatic rings. The van der Waals surface area contributed by atoms with E-state index in [1.807, 2.05) is 4.90 Å². The fourth-order valence-electron chi connectivity index (χ4n) is 1.92. The summed E-state index contributed by atoms with van der Waals surface area (Å²) in [4.78, 5) is 14.5. The van der Waals surface area contributed by atoms with Crippen LogP contribution in [0.1, 0.15) is 16.8 Å². The third-order valence-electron chi connectivity index (χ3n) is 2.81. The number of halogens is 2. The highest BCUT2D eigenvalue weighted by atomic mass is 79.9. The summed E-state index contributed by atoms with van der Waals surface area (Å²) in [7, 11) is 1.55. The van der Waals surface area contributed by atoms with Crippen molar-refractivity contribution in [2.75, 3.05) is 20.2 Å². The highest BCUT2D eigenvalue weighted by molar-refractivity contribution is 9.09. The molecule has 5 heteroatoms. The molecule has 1 atom stereocenters. The molecule has 0 bridgehead atoms. The maximum Gasteiger partial charge on any atom is 0.257 e. The summed E-state index contributed by atoms with van der Waals surface area (Å²) < 4.78 is 5.19. The second-order valence-corrected chi connectivity index (χ2v) is 5.71. The van der Waals surface area contributed by atoms with E-state index in [9.17, 15) is 4.79 Å². The summed E-state index contributed by atoms with van der Waals surface area (Å²) in [6.45, 7) is 1.50. The van der Waals surface area contributed by atoms with E-state index in [4.69, 9.17) is 16.3 Å². The summed E-state index contributed by atoms with van der Waals surface area (Å²) in [5.74, 6) is 0.545. The highest BCUT2D eigenvalue weighted by Crippen LogP contribution is 2.26. The Morgan fingerprint density at radius 1 is 1.59 bits per heavy atom. The number of likely N-dealkylation sites (tertiary alicyclic amines) is 1. The van der Waals surface area contributed by atoms with Crippen molar-refractivity contribution < 1.29 is 9.53 Å². The number of rotatable bonds is 2. The topological polar surface area (TPSA) is 29.5 Å². The van der Waals surface area contributed by atoms with Crippen LogP contribution < -0.4 is 4.74 Å². The van der Waals surface area contributed by atoms with E-state index in [0.717, 1.165) is 19.5 Å². The zero-order chi connectivity index (χ0) is 12.4. The summed E-state index contributed by atoms with van der Waals surface area (Å²) >= 11 is 9.44. The quantitative estimate of drug-likeness (QED) is 0.785. The first kappa shape index (κ1) is 12.7.